The Bertz CT molecular complexity index is 1110. The fraction of sp³-hybridized carbons (Fsp3) is 0.200. The summed E-state index contributed by atoms with van der Waals surface area (Å²) in [5, 5.41) is -1.96. The normalized spacial score (nSPS) is 19.6. The molecule has 5 heteroatoms. The molecule has 2 aliphatic carbocycles. The molecule has 0 aliphatic heterocycles. The van der Waals surface area contributed by atoms with Gasteiger partial charge >= 0.3 is 194 Å². The van der Waals surface area contributed by atoms with Crippen LogP contribution in [0.4, 0.5) is 0 Å². The molecule has 2 atom stereocenters. The molecule has 3 aromatic rings. The summed E-state index contributed by atoms with van der Waals surface area (Å²) in [6, 6.07) is 26.9. The van der Waals surface area contributed by atoms with Gasteiger partial charge in [0, 0.05) is 0 Å². The van der Waals surface area contributed by atoms with Gasteiger partial charge in [-0.3, -0.25) is 0 Å². The number of benzene rings is 3. The predicted octanol–water partition coefficient (Wildman–Crippen LogP) is 8.39. The molecule has 30 heavy (non-hydrogen) atoms. The van der Waals surface area contributed by atoms with Crippen LogP contribution in [0.2, 0.25) is 6.04 Å². The third kappa shape index (κ3) is 2.94. The Morgan fingerprint density at radius 1 is 0.800 bits per heavy atom. The Kier molecular flexibility index (Phi) is 5.48. The van der Waals surface area contributed by atoms with Gasteiger partial charge in [-0.25, -0.2) is 0 Å². The van der Waals surface area contributed by atoms with E-state index in [2.05, 4.69) is 91.9 Å². The van der Waals surface area contributed by atoms with Gasteiger partial charge in [0.25, 0.3) is 0 Å². The molecule has 0 bridgehead atoms. The van der Waals surface area contributed by atoms with Crippen LogP contribution < -0.4 is 0 Å². The van der Waals surface area contributed by atoms with Crippen molar-refractivity contribution in [3.63, 3.8) is 0 Å². The van der Waals surface area contributed by atoms with Crippen LogP contribution in [0, 0.1) is 0 Å². The molecule has 0 amide bonds. The topological polar surface area (TPSA) is 0 Å². The maximum atomic E-state index is 8.08. The van der Waals surface area contributed by atoms with E-state index in [1.54, 1.807) is 0 Å². The molecule has 5 rings (SSSR count). The van der Waals surface area contributed by atoms with Crippen LogP contribution in [0.15, 0.2) is 78.9 Å². The maximum absolute atomic E-state index is 8.08. The molecule has 0 fully saturated rings. The van der Waals surface area contributed by atoms with E-state index in [0.29, 0.717) is 0 Å². The Balaban J connectivity index is 1.81. The molecule has 2 unspecified atom stereocenters. The van der Waals surface area contributed by atoms with Gasteiger partial charge in [0.05, 0.1) is 0 Å². The van der Waals surface area contributed by atoms with Crippen LogP contribution in [-0.2, 0) is 15.3 Å². The summed E-state index contributed by atoms with van der Waals surface area (Å²) >= 11 is 2.57. The number of hydrogen-bond acceptors (Lipinski definition) is 0. The second kappa shape index (κ2) is 7.74. The van der Waals surface area contributed by atoms with E-state index in [0.717, 1.165) is 12.5 Å². The summed E-state index contributed by atoms with van der Waals surface area (Å²) in [4.78, 5) is 0. The molecule has 0 N–H and O–H groups in total. The Morgan fingerprint density at radius 2 is 1.33 bits per heavy atom. The summed E-state index contributed by atoms with van der Waals surface area (Å²) in [5.41, 5.74) is 7.62. The molecular formula is C25H24Cl3HfSi. The van der Waals surface area contributed by atoms with Crippen molar-refractivity contribution in [1.82, 2.24) is 0 Å². The van der Waals surface area contributed by atoms with Crippen molar-refractivity contribution in [2.75, 3.05) is 0 Å². The first kappa shape index (κ1) is 21.2. The monoisotopic (exact) mass is 637 g/mol. The van der Waals surface area contributed by atoms with Gasteiger partial charge in [0.2, 0.25) is 0 Å². The first-order chi connectivity index (χ1) is 14.5. The van der Waals surface area contributed by atoms with E-state index < -0.39 is 20.6 Å². The van der Waals surface area contributed by atoms with Crippen LogP contribution in [0.1, 0.15) is 42.9 Å². The Hall–Kier alpha value is -0.643. The van der Waals surface area contributed by atoms with Crippen molar-refractivity contribution in [3.8, 4) is 11.1 Å². The molecule has 3 aromatic carbocycles. The van der Waals surface area contributed by atoms with Crippen molar-refractivity contribution in [3.05, 3.63) is 101 Å². The second-order valence-corrected chi connectivity index (χ2v) is 67.8. The quantitative estimate of drug-likeness (QED) is 0.195. The van der Waals surface area contributed by atoms with E-state index in [1.807, 2.05) is 0 Å². The van der Waals surface area contributed by atoms with E-state index in [1.165, 1.54) is 33.4 Å². The van der Waals surface area contributed by atoms with E-state index in [-0.39, 0.29) is 7.35 Å². The Labute approximate surface area is 192 Å². The number of rotatable bonds is 5. The Morgan fingerprint density at radius 3 is 1.93 bits per heavy atom. The molecule has 0 radical (unpaired) electrons. The summed E-state index contributed by atoms with van der Waals surface area (Å²) in [7, 11) is 16.2. The van der Waals surface area contributed by atoms with E-state index >= 15 is 0 Å². The zero-order valence-corrected chi connectivity index (χ0v) is 23.9. The molecule has 0 saturated heterocycles. The summed E-state index contributed by atoms with van der Waals surface area (Å²) in [5.74, 6) is 0. The first-order valence-electron chi connectivity index (χ1n) is 10.6. The van der Waals surface area contributed by atoms with Gasteiger partial charge in [-0.15, -0.1) is 0 Å². The zero-order valence-electron chi connectivity index (χ0n) is 16.9. The predicted molar refractivity (Wildman–Crippen MR) is 132 cm³/mol. The van der Waals surface area contributed by atoms with Crippen molar-refractivity contribution in [2.24, 2.45) is 0 Å². The third-order valence-electron chi connectivity index (χ3n) is 6.92. The molecule has 153 valence electrons. The van der Waals surface area contributed by atoms with Crippen LogP contribution >= 0.6 is 28.2 Å². The van der Waals surface area contributed by atoms with E-state index in [4.69, 9.17) is 28.2 Å². The molecule has 2 aliphatic rings. The van der Waals surface area contributed by atoms with Gasteiger partial charge < -0.3 is 0 Å². The van der Waals surface area contributed by atoms with Crippen molar-refractivity contribution < 1.29 is 15.3 Å². The van der Waals surface area contributed by atoms with Gasteiger partial charge in [-0.1, -0.05) is 0 Å². The average Bonchev–Trinajstić information content (AvgIpc) is 3.35. The van der Waals surface area contributed by atoms with Crippen LogP contribution in [-0.4, -0.2) is 5.29 Å². The van der Waals surface area contributed by atoms with Crippen molar-refractivity contribution in [1.29, 1.82) is 0 Å². The minimum absolute atomic E-state index is 0.0410. The standard InChI is InChI=1S/C13H9.C9H7.C3H8ClSi.2ClH.Hf/c1-3-7-12-10(5-1)9-11-6-2-4-8-13(11)12;1-2-5-9-7-3-6-8(9)4-1;1-2-3-5-4;;;/h1-9H;1-7H;5H,2-3H2,1H3;2*1H;/q;;;;;+2/p-2. The molecule has 0 saturated carbocycles. The summed E-state index contributed by atoms with van der Waals surface area (Å²) in [6.45, 7) is 2.20. The number of allylic oxidation sites excluding steroid dienone is 1. The van der Waals surface area contributed by atoms with Crippen LogP contribution in [0.5, 0.6) is 0 Å². The minimum atomic E-state index is -4.86. The molecule has 0 heterocycles. The third-order valence-corrected chi connectivity index (χ3v) is 81.2. The molecule has 0 nitrogen and oxygen atoms in total. The first-order valence-corrected chi connectivity index (χ1v) is 33.0. The van der Waals surface area contributed by atoms with Gasteiger partial charge in [0.15, 0.2) is 0 Å². The van der Waals surface area contributed by atoms with Crippen LogP contribution in [0.3, 0.4) is 0 Å². The van der Waals surface area contributed by atoms with Gasteiger partial charge in [-0.05, 0) is 0 Å². The molecular weight excluding hydrogens is 613 g/mol. The SMILES string of the molecule is CCC[SiH](Cl)[Hf]([Cl])([Cl])([CH]1C=Cc2ccccc21)[CH]1c2ccccc2-c2ccccc21. The second-order valence-electron chi connectivity index (χ2n) is 8.56. The van der Waals surface area contributed by atoms with E-state index in [9.17, 15) is 0 Å². The molecule has 0 aromatic heterocycles. The summed E-state index contributed by atoms with van der Waals surface area (Å²) in [6.07, 6.45) is 5.51. The zero-order chi connectivity index (χ0) is 21.0. The summed E-state index contributed by atoms with van der Waals surface area (Å²) < 4.78 is 0.103. The van der Waals surface area contributed by atoms with Crippen LogP contribution in [0.25, 0.3) is 17.2 Å². The molecule has 0 spiro atoms. The van der Waals surface area contributed by atoms with Gasteiger partial charge in [0.1, 0.15) is 0 Å². The number of fused-ring (bicyclic) bond motifs is 4. The average molecular weight is 637 g/mol. The van der Waals surface area contributed by atoms with Crippen molar-refractivity contribution >= 4 is 39.6 Å². The fourth-order valence-electron chi connectivity index (χ4n) is 5.56. The fourth-order valence-corrected chi connectivity index (χ4v) is 61.4. The van der Waals surface area contributed by atoms with Gasteiger partial charge in [-0.2, -0.15) is 0 Å². The number of halogens is 3. The number of hydrogen-bond donors (Lipinski definition) is 0. The van der Waals surface area contributed by atoms with Crippen molar-refractivity contribution in [2.45, 2.75) is 26.7 Å².